The molecule has 0 radical (unpaired) electrons. The van der Waals surface area contributed by atoms with E-state index in [0.717, 1.165) is 13.1 Å². The van der Waals surface area contributed by atoms with E-state index in [1.54, 1.807) is 11.3 Å². The van der Waals surface area contributed by atoms with Gasteiger partial charge in [-0.3, -0.25) is 10.4 Å². The highest BCUT2D eigenvalue weighted by molar-refractivity contribution is 7.09. The van der Waals surface area contributed by atoms with E-state index in [9.17, 15) is 0 Å². The molecule has 1 aromatic rings. The number of thiazole rings is 1. The molecular formula is C8H14N4S. The van der Waals surface area contributed by atoms with Crippen LogP contribution < -0.4 is 5.73 Å². The van der Waals surface area contributed by atoms with Gasteiger partial charge in [0.05, 0.1) is 11.3 Å². The maximum absolute atomic E-state index is 7.08. The molecule has 1 heterocycles. The molecule has 0 bridgehead atoms. The molecule has 0 fully saturated rings. The minimum Gasteiger partial charge on any atom is -0.388 e. The van der Waals surface area contributed by atoms with Crippen LogP contribution in [0.5, 0.6) is 0 Å². The van der Waals surface area contributed by atoms with E-state index in [1.165, 1.54) is 4.88 Å². The molecule has 72 valence electrons. The smallest absolute Gasteiger partial charge is 0.0918 e. The molecule has 0 saturated heterocycles. The third-order valence-electron chi connectivity index (χ3n) is 1.67. The summed E-state index contributed by atoms with van der Waals surface area (Å²) < 4.78 is 0. The first-order valence-corrected chi connectivity index (χ1v) is 4.95. The van der Waals surface area contributed by atoms with Crippen LogP contribution in [0.15, 0.2) is 11.7 Å². The highest BCUT2D eigenvalue weighted by atomic mass is 32.1. The summed E-state index contributed by atoms with van der Waals surface area (Å²) >= 11 is 1.65. The topological polar surface area (TPSA) is 66.0 Å². The Balaban J connectivity index is 2.25. The van der Waals surface area contributed by atoms with Gasteiger partial charge in [-0.1, -0.05) is 0 Å². The van der Waals surface area contributed by atoms with Crippen LogP contribution in [0.4, 0.5) is 0 Å². The fourth-order valence-electron chi connectivity index (χ4n) is 0.977. The van der Waals surface area contributed by atoms with Crippen molar-refractivity contribution in [2.45, 2.75) is 13.0 Å². The normalized spacial score (nSPS) is 10.6. The van der Waals surface area contributed by atoms with E-state index in [-0.39, 0.29) is 5.84 Å². The average Bonchev–Trinajstić information content (AvgIpc) is 2.53. The zero-order chi connectivity index (χ0) is 9.68. The van der Waals surface area contributed by atoms with Crippen LogP contribution >= 0.6 is 11.3 Å². The van der Waals surface area contributed by atoms with Gasteiger partial charge in [-0.2, -0.15) is 0 Å². The number of nitrogens with zero attached hydrogens (tertiary/aromatic N) is 2. The Kier molecular flexibility index (Phi) is 3.85. The number of nitrogens with one attached hydrogen (secondary N) is 1. The van der Waals surface area contributed by atoms with Crippen molar-refractivity contribution in [3.8, 4) is 0 Å². The molecule has 1 rings (SSSR count). The van der Waals surface area contributed by atoms with Crippen LogP contribution in [-0.2, 0) is 6.54 Å². The van der Waals surface area contributed by atoms with E-state index in [2.05, 4.69) is 9.88 Å². The molecule has 13 heavy (non-hydrogen) atoms. The molecule has 4 nitrogen and oxygen atoms in total. The van der Waals surface area contributed by atoms with Crippen LogP contribution in [-0.4, -0.2) is 29.3 Å². The molecule has 0 aliphatic carbocycles. The molecule has 0 amide bonds. The summed E-state index contributed by atoms with van der Waals surface area (Å²) in [6.07, 6.45) is 2.50. The van der Waals surface area contributed by atoms with Gasteiger partial charge in [0, 0.05) is 30.6 Å². The van der Waals surface area contributed by atoms with Crippen molar-refractivity contribution < 1.29 is 0 Å². The van der Waals surface area contributed by atoms with Crippen molar-refractivity contribution in [3.63, 3.8) is 0 Å². The van der Waals surface area contributed by atoms with Crippen molar-refractivity contribution in [1.29, 1.82) is 5.41 Å². The average molecular weight is 198 g/mol. The van der Waals surface area contributed by atoms with E-state index in [0.29, 0.717) is 6.42 Å². The maximum atomic E-state index is 7.08. The lowest BCUT2D eigenvalue weighted by molar-refractivity contribution is 0.339. The van der Waals surface area contributed by atoms with Gasteiger partial charge in [-0.25, -0.2) is 0 Å². The second-order valence-electron chi connectivity index (χ2n) is 2.98. The minimum absolute atomic E-state index is 0.246. The molecule has 0 spiro atoms. The van der Waals surface area contributed by atoms with Gasteiger partial charge in [0.15, 0.2) is 0 Å². The second kappa shape index (κ2) is 4.94. The lowest BCUT2D eigenvalue weighted by Crippen LogP contribution is -2.23. The van der Waals surface area contributed by atoms with Gasteiger partial charge in [0.25, 0.3) is 0 Å². The number of amidine groups is 1. The molecule has 0 saturated carbocycles. The number of nitrogens with two attached hydrogens (primary N) is 1. The Morgan fingerprint density at radius 1 is 1.77 bits per heavy atom. The lowest BCUT2D eigenvalue weighted by Gasteiger charge is -2.14. The molecule has 5 heteroatoms. The van der Waals surface area contributed by atoms with Crippen LogP contribution in [0, 0.1) is 5.41 Å². The number of hydrogen-bond acceptors (Lipinski definition) is 4. The largest absolute Gasteiger partial charge is 0.388 e. The van der Waals surface area contributed by atoms with E-state index < -0.39 is 0 Å². The first-order chi connectivity index (χ1) is 6.18. The van der Waals surface area contributed by atoms with Crippen molar-refractivity contribution in [3.05, 3.63) is 16.6 Å². The number of hydrogen-bond donors (Lipinski definition) is 2. The van der Waals surface area contributed by atoms with E-state index in [1.807, 2.05) is 18.8 Å². The predicted molar refractivity (Wildman–Crippen MR) is 55.0 cm³/mol. The molecule has 3 N–H and O–H groups in total. The second-order valence-corrected chi connectivity index (χ2v) is 3.95. The molecule has 0 aliphatic heterocycles. The van der Waals surface area contributed by atoms with Crippen LogP contribution in [0.25, 0.3) is 0 Å². The van der Waals surface area contributed by atoms with Gasteiger partial charge in [-0.15, -0.1) is 11.3 Å². The van der Waals surface area contributed by atoms with Gasteiger partial charge in [0.2, 0.25) is 0 Å². The SMILES string of the molecule is CN(CCC(=N)N)Cc1cncs1. The van der Waals surface area contributed by atoms with Crippen molar-refractivity contribution in [2.24, 2.45) is 5.73 Å². The minimum atomic E-state index is 0.246. The Bertz CT molecular complexity index is 257. The molecule has 0 atom stereocenters. The van der Waals surface area contributed by atoms with Gasteiger partial charge < -0.3 is 10.6 Å². The first kappa shape index (κ1) is 10.1. The highest BCUT2D eigenvalue weighted by Crippen LogP contribution is 2.07. The van der Waals surface area contributed by atoms with Gasteiger partial charge >= 0.3 is 0 Å². The van der Waals surface area contributed by atoms with Gasteiger partial charge in [0.1, 0.15) is 0 Å². The van der Waals surface area contributed by atoms with Crippen molar-refractivity contribution in [1.82, 2.24) is 9.88 Å². The molecule has 0 aliphatic rings. The summed E-state index contributed by atoms with van der Waals surface area (Å²) in [7, 11) is 2.02. The van der Waals surface area contributed by atoms with Crippen molar-refractivity contribution in [2.75, 3.05) is 13.6 Å². The monoisotopic (exact) mass is 198 g/mol. The summed E-state index contributed by atoms with van der Waals surface area (Å²) in [5.74, 6) is 0.246. The third-order valence-corrected chi connectivity index (χ3v) is 2.44. The third kappa shape index (κ3) is 4.00. The fourth-order valence-corrected chi connectivity index (χ4v) is 1.65. The molecule has 0 aromatic carbocycles. The maximum Gasteiger partial charge on any atom is 0.0918 e. The summed E-state index contributed by atoms with van der Waals surface area (Å²) in [5.41, 5.74) is 7.09. The highest BCUT2D eigenvalue weighted by Gasteiger charge is 2.01. The zero-order valence-electron chi connectivity index (χ0n) is 7.66. The Morgan fingerprint density at radius 3 is 3.08 bits per heavy atom. The quantitative estimate of drug-likeness (QED) is 0.545. The molecular weight excluding hydrogens is 184 g/mol. The van der Waals surface area contributed by atoms with Crippen molar-refractivity contribution >= 4 is 17.2 Å². The van der Waals surface area contributed by atoms with E-state index in [4.69, 9.17) is 11.1 Å². The summed E-state index contributed by atoms with van der Waals surface area (Å²) in [5, 5.41) is 7.08. The lowest BCUT2D eigenvalue weighted by atomic mass is 10.3. The summed E-state index contributed by atoms with van der Waals surface area (Å²) in [4.78, 5) is 7.37. The Morgan fingerprint density at radius 2 is 2.54 bits per heavy atom. The van der Waals surface area contributed by atoms with Gasteiger partial charge in [-0.05, 0) is 7.05 Å². The van der Waals surface area contributed by atoms with Crippen LogP contribution in [0.2, 0.25) is 0 Å². The van der Waals surface area contributed by atoms with Crippen LogP contribution in [0.1, 0.15) is 11.3 Å². The first-order valence-electron chi connectivity index (χ1n) is 4.07. The predicted octanol–water partition coefficient (Wildman–Crippen LogP) is 0.901. The number of aromatic nitrogens is 1. The summed E-state index contributed by atoms with van der Waals surface area (Å²) in [6, 6.07) is 0. The van der Waals surface area contributed by atoms with E-state index >= 15 is 0 Å². The fraction of sp³-hybridized carbons (Fsp3) is 0.500. The van der Waals surface area contributed by atoms with Crippen LogP contribution in [0.3, 0.4) is 0 Å². The Labute approximate surface area is 81.9 Å². The Hall–Kier alpha value is -0.940. The summed E-state index contributed by atoms with van der Waals surface area (Å²) in [6.45, 7) is 1.71. The standard InChI is InChI=1S/C8H14N4S/c1-12(3-2-8(9)10)5-7-4-11-6-13-7/h4,6H,2-3,5H2,1H3,(H3,9,10). The molecule has 1 aromatic heterocycles. The molecule has 0 unspecified atom stereocenters. The zero-order valence-corrected chi connectivity index (χ0v) is 8.47. The number of rotatable bonds is 5.